The Balaban J connectivity index is 1.59. The molecule has 0 aliphatic rings. The van der Waals surface area contributed by atoms with E-state index < -0.39 is 0 Å². The molecule has 1 N–H and O–H groups in total. The van der Waals surface area contributed by atoms with Crippen LogP contribution in [-0.4, -0.2) is 35.9 Å². The minimum Gasteiger partial charge on any atom is -0.497 e. The van der Waals surface area contributed by atoms with E-state index in [0.717, 1.165) is 30.2 Å². The van der Waals surface area contributed by atoms with Gasteiger partial charge >= 0.3 is 0 Å². The zero-order valence-electron chi connectivity index (χ0n) is 14.4. The molecule has 0 unspecified atom stereocenters. The van der Waals surface area contributed by atoms with Gasteiger partial charge in [-0.1, -0.05) is 30.3 Å². The van der Waals surface area contributed by atoms with Crippen LogP contribution in [0.5, 0.6) is 5.75 Å². The molecule has 128 valence electrons. The summed E-state index contributed by atoms with van der Waals surface area (Å²) >= 11 is 0. The van der Waals surface area contributed by atoms with Crippen molar-refractivity contribution in [3.8, 4) is 5.75 Å². The third-order valence-electron chi connectivity index (χ3n) is 3.89. The van der Waals surface area contributed by atoms with Crippen molar-refractivity contribution in [1.29, 1.82) is 0 Å². The molecule has 1 heterocycles. The predicted molar refractivity (Wildman–Crippen MR) is 99.5 cm³/mol. The number of nitrogens with zero attached hydrogens (tertiary/aromatic N) is 4. The predicted octanol–water partition coefficient (Wildman–Crippen LogP) is 3.30. The monoisotopic (exact) mass is 335 g/mol. The molecular weight excluding hydrogens is 314 g/mol. The molecule has 0 aliphatic heterocycles. The molecule has 3 aromatic rings. The second kappa shape index (κ2) is 8.10. The van der Waals surface area contributed by atoms with Gasteiger partial charge < -0.3 is 15.0 Å². The third-order valence-corrected chi connectivity index (χ3v) is 3.89. The molecule has 2 aromatic carbocycles. The first-order valence-electron chi connectivity index (χ1n) is 8.11. The molecule has 0 radical (unpaired) electrons. The molecule has 0 spiro atoms. The molecule has 0 saturated carbocycles. The van der Waals surface area contributed by atoms with Crippen LogP contribution in [0.15, 0.2) is 60.8 Å². The zero-order chi connectivity index (χ0) is 17.5. The van der Waals surface area contributed by atoms with Gasteiger partial charge in [-0.2, -0.15) is 10.1 Å². The van der Waals surface area contributed by atoms with Crippen molar-refractivity contribution in [2.75, 3.05) is 30.9 Å². The summed E-state index contributed by atoms with van der Waals surface area (Å²) in [6.45, 7) is 0.729. The van der Waals surface area contributed by atoms with E-state index in [4.69, 9.17) is 4.74 Å². The lowest BCUT2D eigenvalue weighted by atomic mass is 10.1. The van der Waals surface area contributed by atoms with Crippen LogP contribution in [0.2, 0.25) is 0 Å². The summed E-state index contributed by atoms with van der Waals surface area (Å²) in [5.41, 5.74) is 2.27. The van der Waals surface area contributed by atoms with Gasteiger partial charge in [-0.25, -0.2) is 0 Å². The summed E-state index contributed by atoms with van der Waals surface area (Å²) in [6, 6.07) is 18.1. The van der Waals surface area contributed by atoms with Crippen LogP contribution in [0.25, 0.3) is 0 Å². The van der Waals surface area contributed by atoms with Crippen LogP contribution in [-0.2, 0) is 6.42 Å². The molecule has 0 bridgehead atoms. The van der Waals surface area contributed by atoms with Crippen molar-refractivity contribution in [3.05, 3.63) is 66.4 Å². The molecular formula is C19H21N5O. The van der Waals surface area contributed by atoms with Gasteiger partial charge in [0.2, 0.25) is 5.95 Å². The highest BCUT2D eigenvalue weighted by atomic mass is 16.5. The number of hydrogen-bond donors (Lipinski definition) is 1. The molecule has 0 atom stereocenters. The fraction of sp³-hybridized carbons (Fsp3) is 0.211. The van der Waals surface area contributed by atoms with Gasteiger partial charge in [-0.15, -0.1) is 5.10 Å². The minimum absolute atomic E-state index is 0.522. The Morgan fingerprint density at radius 2 is 1.80 bits per heavy atom. The van der Waals surface area contributed by atoms with E-state index in [-0.39, 0.29) is 0 Å². The first kappa shape index (κ1) is 16.7. The Morgan fingerprint density at radius 1 is 1.04 bits per heavy atom. The fourth-order valence-corrected chi connectivity index (χ4v) is 2.43. The first-order valence-corrected chi connectivity index (χ1v) is 8.11. The molecule has 6 nitrogen and oxygen atoms in total. The number of aromatic nitrogens is 3. The van der Waals surface area contributed by atoms with Crippen molar-refractivity contribution in [2.45, 2.75) is 6.42 Å². The number of nitrogens with one attached hydrogen (secondary N) is 1. The number of ether oxygens (including phenoxy) is 1. The van der Waals surface area contributed by atoms with Crippen molar-refractivity contribution in [1.82, 2.24) is 15.2 Å². The molecule has 0 saturated heterocycles. The normalized spacial score (nSPS) is 10.3. The summed E-state index contributed by atoms with van der Waals surface area (Å²) < 4.78 is 5.17. The molecule has 25 heavy (non-hydrogen) atoms. The van der Waals surface area contributed by atoms with Crippen LogP contribution in [0.3, 0.4) is 0 Å². The number of benzene rings is 2. The van der Waals surface area contributed by atoms with Gasteiger partial charge in [0.15, 0.2) is 5.82 Å². The topological polar surface area (TPSA) is 63.2 Å². The SMILES string of the molecule is COc1ccc(CCNc2nncc(N(C)c3ccccc3)n2)cc1. The van der Waals surface area contributed by atoms with Crippen LogP contribution in [0.4, 0.5) is 17.5 Å². The first-order chi connectivity index (χ1) is 12.3. The Morgan fingerprint density at radius 3 is 2.52 bits per heavy atom. The molecule has 1 aromatic heterocycles. The lowest BCUT2D eigenvalue weighted by molar-refractivity contribution is 0.414. The highest BCUT2D eigenvalue weighted by Crippen LogP contribution is 2.20. The Hall–Kier alpha value is -3.15. The average Bonchev–Trinajstić information content (AvgIpc) is 2.69. The van der Waals surface area contributed by atoms with E-state index in [0.29, 0.717) is 5.95 Å². The van der Waals surface area contributed by atoms with Gasteiger partial charge in [0.25, 0.3) is 0 Å². The summed E-state index contributed by atoms with van der Waals surface area (Å²) in [4.78, 5) is 6.50. The number of para-hydroxylation sites is 1. The highest BCUT2D eigenvalue weighted by Gasteiger charge is 2.07. The van der Waals surface area contributed by atoms with Gasteiger partial charge in [-0.3, -0.25) is 0 Å². The van der Waals surface area contributed by atoms with Crippen molar-refractivity contribution >= 4 is 17.5 Å². The Bertz CT molecular complexity index is 792. The number of rotatable bonds is 7. The van der Waals surface area contributed by atoms with Crippen molar-refractivity contribution in [3.63, 3.8) is 0 Å². The molecule has 0 aliphatic carbocycles. The van der Waals surface area contributed by atoms with E-state index in [1.807, 2.05) is 54.4 Å². The number of methoxy groups -OCH3 is 1. The van der Waals surface area contributed by atoms with Crippen molar-refractivity contribution in [2.24, 2.45) is 0 Å². The van der Waals surface area contributed by atoms with Crippen LogP contribution in [0.1, 0.15) is 5.56 Å². The van der Waals surface area contributed by atoms with Gasteiger partial charge in [-0.05, 0) is 36.2 Å². The van der Waals surface area contributed by atoms with Crippen LogP contribution in [0, 0.1) is 0 Å². The maximum Gasteiger partial charge on any atom is 0.244 e. The fourth-order valence-electron chi connectivity index (χ4n) is 2.43. The maximum absolute atomic E-state index is 5.17. The smallest absolute Gasteiger partial charge is 0.244 e. The van der Waals surface area contributed by atoms with Gasteiger partial charge in [0, 0.05) is 19.3 Å². The Kier molecular flexibility index (Phi) is 5.41. The largest absolute Gasteiger partial charge is 0.497 e. The average molecular weight is 335 g/mol. The van der Waals surface area contributed by atoms with Gasteiger partial charge in [0.05, 0.1) is 13.3 Å². The second-order valence-corrected chi connectivity index (χ2v) is 5.56. The van der Waals surface area contributed by atoms with Crippen LogP contribution >= 0.6 is 0 Å². The zero-order valence-corrected chi connectivity index (χ0v) is 14.4. The minimum atomic E-state index is 0.522. The third kappa shape index (κ3) is 4.44. The lowest BCUT2D eigenvalue weighted by Crippen LogP contribution is -2.14. The summed E-state index contributed by atoms with van der Waals surface area (Å²) in [7, 11) is 3.63. The van der Waals surface area contributed by atoms with E-state index >= 15 is 0 Å². The van der Waals surface area contributed by atoms with Gasteiger partial charge in [0.1, 0.15) is 5.75 Å². The van der Waals surface area contributed by atoms with Crippen LogP contribution < -0.4 is 15.0 Å². The summed E-state index contributed by atoms with van der Waals surface area (Å²) in [6.07, 6.45) is 2.52. The summed E-state index contributed by atoms with van der Waals surface area (Å²) in [5, 5.41) is 11.3. The summed E-state index contributed by atoms with van der Waals surface area (Å²) in [5.74, 6) is 2.13. The Labute approximate surface area is 147 Å². The van der Waals surface area contributed by atoms with E-state index in [2.05, 4.69) is 32.6 Å². The van der Waals surface area contributed by atoms with E-state index in [1.165, 1.54) is 5.56 Å². The lowest BCUT2D eigenvalue weighted by Gasteiger charge is -2.18. The molecule has 3 rings (SSSR count). The van der Waals surface area contributed by atoms with E-state index in [9.17, 15) is 0 Å². The number of anilines is 3. The highest BCUT2D eigenvalue weighted by molar-refractivity contribution is 5.58. The van der Waals surface area contributed by atoms with E-state index in [1.54, 1.807) is 13.3 Å². The maximum atomic E-state index is 5.17. The second-order valence-electron chi connectivity index (χ2n) is 5.56. The molecule has 0 fully saturated rings. The number of hydrogen-bond acceptors (Lipinski definition) is 6. The standard InChI is InChI=1S/C19H21N5O/c1-24(16-6-4-3-5-7-16)18-14-21-23-19(22-18)20-13-12-15-8-10-17(25-2)11-9-15/h3-11,14H,12-13H2,1-2H3,(H,20,22,23). The molecule has 6 heteroatoms. The molecule has 0 amide bonds. The van der Waals surface area contributed by atoms with Crippen molar-refractivity contribution < 1.29 is 4.74 Å². The quantitative estimate of drug-likeness (QED) is 0.715.